The van der Waals surface area contributed by atoms with Crippen molar-refractivity contribution in [3.05, 3.63) is 75.6 Å². The molecule has 0 aromatic heterocycles. The number of hydrogen-bond donors (Lipinski definition) is 2. The minimum atomic E-state index is -0.492. The van der Waals surface area contributed by atoms with Gasteiger partial charge in [0.05, 0.1) is 16.2 Å². The van der Waals surface area contributed by atoms with Crippen molar-refractivity contribution in [2.24, 2.45) is 0 Å². The van der Waals surface area contributed by atoms with Gasteiger partial charge < -0.3 is 5.32 Å². The van der Waals surface area contributed by atoms with Crippen LogP contribution in [0.25, 0.3) is 6.08 Å². The molecule has 0 unspecified atom stereocenters. The van der Waals surface area contributed by atoms with Crippen LogP contribution >= 0.6 is 12.2 Å². The van der Waals surface area contributed by atoms with Crippen molar-refractivity contribution in [2.45, 2.75) is 6.92 Å². The van der Waals surface area contributed by atoms with Crippen LogP contribution in [-0.2, 0) is 4.79 Å². The molecule has 1 amide bonds. The van der Waals surface area contributed by atoms with Gasteiger partial charge in [0.25, 0.3) is 5.69 Å². The maximum Gasteiger partial charge on any atom is 0.274 e. The number of thiocarbonyl (C=S) groups is 1. The lowest BCUT2D eigenvalue weighted by atomic mass is 10.1. The van der Waals surface area contributed by atoms with Crippen LogP contribution in [0.2, 0.25) is 0 Å². The molecule has 0 aliphatic carbocycles. The van der Waals surface area contributed by atoms with Crippen LogP contribution in [0, 0.1) is 22.9 Å². The predicted octanol–water partition coefficient (Wildman–Crippen LogP) is 3.57. The molecule has 2 aromatic rings. The number of anilines is 1. The largest absolute Gasteiger partial charge is 0.332 e. The van der Waals surface area contributed by atoms with E-state index in [1.54, 1.807) is 13.0 Å². The lowest BCUT2D eigenvalue weighted by Crippen LogP contribution is -2.33. The molecular formula is C17H14FN3O3S. The monoisotopic (exact) mass is 359 g/mol. The normalized spacial score (nSPS) is 10.5. The van der Waals surface area contributed by atoms with Gasteiger partial charge in [0, 0.05) is 12.1 Å². The number of halogens is 1. The molecule has 2 N–H and O–H groups in total. The Labute approximate surface area is 148 Å². The highest BCUT2D eigenvalue weighted by molar-refractivity contribution is 7.80. The molecule has 0 atom stereocenters. The van der Waals surface area contributed by atoms with E-state index in [0.717, 1.165) is 0 Å². The van der Waals surface area contributed by atoms with Gasteiger partial charge in [-0.15, -0.1) is 0 Å². The van der Waals surface area contributed by atoms with Crippen LogP contribution < -0.4 is 10.6 Å². The third-order valence-corrected chi connectivity index (χ3v) is 3.49. The van der Waals surface area contributed by atoms with E-state index in [1.165, 1.54) is 48.6 Å². The number of nitro groups is 1. The van der Waals surface area contributed by atoms with Crippen LogP contribution in [-0.4, -0.2) is 15.9 Å². The Hall–Kier alpha value is -3.13. The van der Waals surface area contributed by atoms with Gasteiger partial charge in [-0.1, -0.05) is 18.2 Å². The number of nitro benzene ring substituents is 1. The Morgan fingerprint density at radius 3 is 2.56 bits per heavy atom. The summed E-state index contributed by atoms with van der Waals surface area (Å²) in [5, 5.41) is 16.1. The minimum Gasteiger partial charge on any atom is -0.332 e. The molecule has 0 saturated heterocycles. The van der Waals surface area contributed by atoms with Gasteiger partial charge in [-0.25, -0.2) is 4.39 Å². The van der Waals surface area contributed by atoms with E-state index in [2.05, 4.69) is 10.6 Å². The molecule has 0 heterocycles. The number of carbonyl (C=O) groups excluding carboxylic acids is 1. The van der Waals surface area contributed by atoms with Gasteiger partial charge >= 0.3 is 0 Å². The number of benzene rings is 2. The number of nitrogens with zero attached hydrogens (tertiary/aromatic N) is 1. The Balaban J connectivity index is 1.98. The second-order valence-electron chi connectivity index (χ2n) is 5.04. The molecule has 0 bridgehead atoms. The predicted molar refractivity (Wildman–Crippen MR) is 97.6 cm³/mol. The standard InChI is InChI=1S/C17H14FN3O3S/c1-11-14(3-2-4-15(11)21(23)24)19-17(25)20-16(22)10-7-12-5-8-13(18)9-6-12/h2-10H,1H3,(H2,19,20,22,25). The molecule has 2 rings (SSSR count). The van der Waals surface area contributed by atoms with Crippen LogP contribution in [0.4, 0.5) is 15.8 Å². The van der Waals surface area contributed by atoms with Gasteiger partial charge in [-0.2, -0.15) is 0 Å². The van der Waals surface area contributed by atoms with E-state index >= 15 is 0 Å². The number of nitrogens with one attached hydrogen (secondary N) is 2. The fourth-order valence-corrected chi connectivity index (χ4v) is 2.22. The zero-order valence-corrected chi connectivity index (χ0v) is 14.0. The quantitative estimate of drug-likeness (QED) is 0.377. The molecule has 6 nitrogen and oxygen atoms in total. The van der Waals surface area contributed by atoms with Gasteiger partial charge in [0.15, 0.2) is 5.11 Å². The summed E-state index contributed by atoms with van der Waals surface area (Å²) in [6.07, 6.45) is 2.76. The highest BCUT2D eigenvalue weighted by Gasteiger charge is 2.14. The molecule has 128 valence electrons. The molecular weight excluding hydrogens is 345 g/mol. The lowest BCUT2D eigenvalue weighted by Gasteiger charge is -2.10. The summed E-state index contributed by atoms with van der Waals surface area (Å²) in [7, 11) is 0. The molecule has 0 aliphatic heterocycles. The number of rotatable bonds is 4. The van der Waals surface area contributed by atoms with E-state index in [4.69, 9.17) is 12.2 Å². The van der Waals surface area contributed by atoms with Gasteiger partial charge in [0.1, 0.15) is 5.82 Å². The fraction of sp³-hybridized carbons (Fsp3) is 0.0588. The average Bonchev–Trinajstić information content (AvgIpc) is 2.56. The Morgan fingerprint density at radius 2 is 1.92 bits per heavy atom. The fourth-order valence-electron chi connectivity index (χ4n) is 2.01. The summed E-state index contributed by atoms with van der Waals surface area (Å²) in [5.41, 5.74) is 1.45. The third kappa shape index (κ3) is 5.18. The van der Waals surface area contributed by atoms with Gasteiger partial charge in [0.2, 0.25) is 5.91 Å². The first-order valence-electron chi connectivity index (χ1n) is 7.16. The molecule has 0 radical (unpaired) electrons. The summed E-state index contributed by atoms with van der Waals surface area (Å²) in [4.78, 5) is 22.3. The Bertz CT molecular complexity index is 851. The topological polar surface area (TPSA) is 84.3 Å². The summed E-state index contributed by atoms with van der Waals surface area (Å²) in [6, 6.07) is 10.2. The van der Waals surface area contributed by atoms with E-state index in [0.29, 0.717) is 16.8 Å². The molecule has 0 saturated carbocycles. The Kier molecular flexibility index (Phi) is 5.91. The molecule has 0 spiro atoms. The minimum absolute atomic E-state index is 0.0114. The smallest absolute Gasteiger partial charge is 0.274 e. The van der Waals surface area contributed by atoms with Crippen LogP contribution in [0.1, 0.15) is 11.1 Å². The van der Waals surface area contributed by atoms with Gasteiger partial charge in [-0.3, -0.25) is 20.2 Å². The van der Waals surface area contributed by atoms with Crippen molar-refractivity contribution in [1.82, 2.24) is 5.32 Å². The summed E-state index contributed by atoms with van der Waals surface area (Å²) in [5.74, 6) is -0.843. The Morgan fingerprint density at radius 1 is 1.24 bits per heavy atom. The van der Waals surface area contributed by atoms with E-state index in [1.807, 2.05) is 0 Å². The maximum atomic E-state index is 12.8. The van der Waals surface area contributed by atoms with E-state index in [-0.39, 0.29) is 16.6 Å². The maximum absolute atomic E-state index is 12.8. The summed E-state index contributed by atoms with van der Waals surface area (Å²) in [6.45, 7) is 1.58. The van der Waals surface area contributed by atoms with Gasteiger partial charge in [-0.05, 0) is 49.0 Å². The second kappa shape index (κ2) is 8.11. The number of hydrogen-bond acceptors (Lipinski definition) is 4. The first-order valence-corrected chi connectivity index (χ1v) is 7.57. The van der Waals surface area contributed by atoms with Crippen LogP contribution in [0.5, 0.6) is 0 Å². The molecule has 0 fully saturated rings. The van der Waals surface area contributed by atoms with Crippen molar-refractivity contribution in [3.8, 4) is 0 Å². The summed E-state index contributed by atoms with van der Waals surface area (Å²) >= 11 is 5.03. The van der Waals surface area contributed by atoms with Crippen molar-refractivity contribution in [2.75, 3.05) is 5.32 Å². The average molecular weight is 359 g/mol. The molecule has 2 aromatic carbocycles. The SMILES string of the molecule is Cc1c(NC(=S)NC(=O)C=Cc2ccc(F)cc2)cccc1[N+](=O)[O-]. The first kappa shape index (κ1) is 18.2. The zero-order chi connectivity index (χ0) is 18.4. The molecule has 25 heavy (non-hydrogen) atoms. The van der Waals surface area contributed by atoms with Crippen molar-refractivity contribution in [3.63, 3.8) is 0 Å². The first-order chi connectivity index (χ1) is 11.9. The number of carbonyl (C=O) groups is 1. The lowest BCUT2D eigenvalue weighted by molar-refractivity contribution is -0.385. The highest BCUT2D eigenvalue weighted by atomic mass is 32.1. The highest BCUT2D eigenvalue weighted by Crippen LogP contribution is 2.24. The van der Waals surface area contributed by atoms with Crippen molar-refractivity contribution in [1.29, 1.82) is 0 Å². The second-order valence-corrected chi connectivity index (χ2v) is 5.44. The molecule has 0 aliphatic rings. The van der Waals surface area contributed by atoms with E-state index < -0.39 is 10.8 Å². The number of amides is 1. The molecule has 8 heteroatoms. The summed E-state index contributed by atoms with van der Waals surface area (Å²) < 4.78 is 12.8. The zero-order valence-electron chi connectivity index (χ0n) is 13.2. The van der Waals surface area contributed by atoms with Crippen LogP contribution in [0.3, 0.4) is 0 Å². The van der Waals surface area contributed by atoms with E-state index in [9.17, 15) is 19.3 Å². The third-order valence-electron chi connectivity index (χ3n) is 3.28. The van der Waals surface area contributed by atoms with Crippen molar-refractivity contribution < 1.29 is 14.1 Å². The van der Waals surface area contributed by atoms with Crippen molar-refractivity contribution >= 4 is 40.7 Å². The van der Waals surface area contributed by atoms with Crippen LogP contribution in [0.15, 0.2) is 48.5 Å².